The van der Waals surface area contributed by atoms with Crippen LogP contribution in [-0.4, -0.2) is 23.2 Å². The Hall–Kier alpha value is -1.32. The highest BCUT2D eigenvalue weighted by Gasteiger charge is 2.56. The Morgan fingerprint density at radius 3 is 2.61 bits per heavy atom. The van der Waals surface area contributed by atoms with Crippen LogP contribution >= 0.6 is 11.8 Å². The lowest BCUT2D eigenvalue weighted by molar-refractivity contribution is -0.114. The lowest BCUT2D eigenvalue weighted by atomic mass is 9.53. The van der Waals surface area contributed by atoms with Gasteiger partial charge in [0.2, 0.25) is 0 Å². The van der Waals surface area contributed by atoms with Crippen LogP contribution in [0, 0.1) is 17.3 Å². The molecule has 0 aromatic heterocycles. The van der Waals surface area contributed by atoms with Gasteiger partial charge in [-0.2, -0.15) is 0 Å². The average Bonchev–Trinajstić information content (AvgIpc) is 3.01. The second-order valence-electron chi connectivity index (χ2n) is 9.45. The molecule has 1 N–H and O–H groups in total. The SMILES string of the molecule is CSc1ccc(C2CC3(C)C(O)CCC3C3CCC4=CC(=O)CCC4=C23)cc1. The summed E-state index contributed by atoms with van der Waals surface area (Å²) in [5, 5.41) is 10.9. The van der Waals surface area contributed by atoms with E-state index < -0.39 is 0 Å². The Morgan fingerprint density at radius 1 is 1.07 bits per heavy atom. The minimum Gasteiger partial charge on any atom is -0.393 e. The van der Waals surface area contributed by atoms with Crippen LogP contribution in [0.5, 0.6) is 0 Å². The number of rotatable bonds is 2. The van der Waals surface area contributed by atoms with Crippen LogP contribution in [0.3, 0.4) is 0 Å². The molecule has 4 aliphatic carbocycles. The Bertz CT molecular complexity index is 865. The van der Waals surface area contributed by atoms with Gasteiger partial charge in [-0.3, -0.25) is 4.79 Å². The van der Waals surface area contributed by atoms with Crippen molar-refractivity contribution in [2.24, 2.45) is 17.3 Å². The van der Waals surface area contributed by atoms with Crippen molar-refractivity contribution in [3.63, 3.8) is 0 Å². The summed E-state index contributed by atoms with van der Waals surface area (Å²) in [6.45, 7) is 2.34. The second kappa shape index (κ2) is 6.88. The summed E-state index contributed by atoms with van der Waals surface area (Å²) in [4.78, 5) is 13.3. The third-order valence-electron chi connectivity index (χ3n) is 8.20. The van der Waals surface area contributed by atoms with Gasteiger partial charge in [0.05, 0.1) is 6.10 Å². The van der Waals surface area contributed by atoms with Gasteiger partial charge in [0.15, 0.2) is 5.78 Å². The molecule has 148 valence electrons. The first-order valence-electron chi connectivity index (χ1n) is 10.8. The first kappa shape index (κ1) is 18.7. The number of hydrogen-bond acceptors (Lipinski definition) is 3. The number of benzene rings is 1. The van der Waals surface area contributed by atoms with Crippen molar-refractivity contribution in [1.82, 2.24) is 0 Å². The zero-order valence-electron chi connectivity index (χ0n) is 16.9. The molecule has 5 unspecified atom stereocenters. The molecule has 2 saturated carbocycles. The summed E-state index contributed by atoms with van der Waals surface area (Å²) in [5.41, 5.74) is 5.85. The van der Waals surface area contributed by atoms with Crippen LogP contribution in [0.4, 0.5) is 0 Å². The number of hydrogen-bond donors (Lipinski definition) is 1. The molecule has 28 heavy (non-hydrogen) atoms. The van der Waals surface area contributed by atoms with Gasteiger partial charge in [-0.1, -0.05) is 24.6 Å². The van der Waals surface area contributed by atoms with Gasteiger partial charge < -0.3 is 5.11 Å². The van der Waals surface area contributed by atoms with Gasteiger partial charge in [-0.15, -0.1) is 11.8 Å². The fourth-order valence-corrected chi connectivity index (χ4v) is 7.18. The monoisotopic (exact) mass is 394 g/mol. The van der Waals surface area contributed by atoms with Crippen molar-refractivity contribution in [1.29, 1.82) is 0 Å². The van der Waals surface area contributed by atoms with Crippen molar-refractivity contribution in [3.8, 4) is 0 Å². The molecule has 5 atom stereocenters. The van der Waals surface area contributed by atoms with Crippen LogP contribution in [0.1, 0.15) is 63.4 Å². The third-order valence-corrected chi connectivity index (χ3v) is 8.94. The van der Waals surface area contributed by atoms with Crippen LogP contribution in [0.2, 0.25) is 0 Å². The quantitative estimate of drug-likeness (QED) is 0.657. The van der Waals surface area contributed by atoms with Crippen LogP contribution in [-0.2, 0) is 4.79 Å². The first-order valence-corrected chi connectivity index (χ1v) is 12.0. The summed E-state index contributed by atoms with van der Waals surface area (Å²) in [7, 11) is 0. The number of aliphatic hydroxyl groups excluding tert-OH is 1. The highest BCUT2D eigenvalue weighted by atomic mass is 32.2. The molecule has 2 fully saturated rings. The van der Waals surface area contributed by atoms with E-state index in [9.17, 15) is 9.90 Å². The van der Waals surface area contributed by atoms with Crippen LogP contribution in [0.25, 0.3) is 0 Å². The lowest BCUT2D eigenvalue weighted by Crippen LogP contribution is -2.45. The molecule has 1 aromatic carbocycles. The van der Waals surface area contributed by atoms with Gasteiger partial charge in [-0.25, -0.2) is 0 Å². The molecule has 3 heteroatoms. The highest BCUT2D eigenvalue weighted by Crippen LogP contribution is 2.63. The largest absolute Gasteiger partial charge is 0.393 e. The maximum atomic E-state index is 12.0. The summed E-state index contributed by atoms with van der Waals surface area (Å²) in [5.74, 6) is 1.84. The zero-order valence-corrected chi connectivity index (χ0v) is 17.7. The molecule has 0 amide bonds. The molecule has 0 radical (unpaired) electrons. The first-order chi connectivity index (χ1) is 13.5. The van der Waals surface area contributed by atoms with Gasteiger partial charge in [0.25, 0.3) is 0 Å². The smallest absolute Gasteiger partial charge is 0.156 e. The van der Waals surface area contributed by atoms with E-state index in [4.69, 9.17) is 0 Å². The average molecular weight is 395 g/mol. The number of thioether (sulfide) groups is 1. The van der Waals surface area contributed by atoms with E-state index in [1.165, 1.54) is 21.6 Å². The fourth-order valence-electron chi connectivity index (χ4n) is 6.77. The molecule has 0 bridgehead atoms. The van der Waals surface area contributed by atoms with E-state index in [0.717, 1.165) is 38.5 Å². The Kier molecular flexibility index (Phi) is 4.59. The number of aliphatic hydroxyl groups is 1. The number of carbonyl (C=O) groups excluding carboxylic acids is 1. The molecular formula is C25H30O2S. The van der Waals surface area contributed by atoms with Gasteiger partial charge in [0.1, 0.15) is 0 Å². The second-order valence-corrected chi connectivity index (χ2v) is 10.3. The number of fused-ring (bicyclic) bond motifs is 4. The molecular weight excluding hydrogens is 364 g/mol. The third kappa shape index (κ3) is 2.77. The Morgan fingerprint density at radius 2 is 1.86 bits per heavy atom. The van der Waals surface area contributed by atoms with E-state index in [2.05, 4.69) is 37.4 Å². The molecule has 5 rings (SSSR count). The van der Waals surface area contributed by atoms with E-state index in [1.807, 2.05) is 6.08 Å². The predicted molar refractivity (Wildman–Crippen MR) is 114 cm³/mol. The van der Waals surface area contributed by atoms with Gasteiger partial charge >= 0.3 is 0 Å². The number of ketones is 1. The summed E-state index contributed by atoms with van der Waals surface area (Å²) in [6, 6.07) is 9.09. The van der Waals surface area contributed by atoms with Crippen molar-refractivity contribution >= 4 is 17.5 Å². The van der Waals surface area contributed by atoms with Crippen LogP contribution < -0.4 is 0 Å². The summed E-state index contributed by atoms with van der Waals surface area (Å²) >= 11 is 1.78. The molecule has 0 spiro atoms. The van der Waals surface area contributed by atoms with Crippen molar-refractivity contribution in [2.75, 3.05) is 6.26 Å². The summed E-state index contributed by atoms with van der Waals surface area (Å²) in [6.07, 6.45) is 10.8. The molecule has 0 aliphatic heterocycles. The van der Waals surface area contributed by atoms with E-state index in [-0.39, 0.29) is 11.5 Å². The highest BCUT2D eigenvalue weighted by molar-refractivity contribution is 7.98. The predicted octanol–water partition coefficient (Wildman–Crippen LogP) is 5.67. The van der Waals surface area contributed by atoms with Crippen molar-refractivity contribution in [2.45, 2.75) is 68.8 Å². The van der Waals surface area contributed by atoms with Gasteiger partial charge in [-0.05, 0) is 96.9 Å². The summed E-state index contributed by atoms with van der Waals surface area (Å²) < 4.78 is 0. The van der Waals surface area contributed by atoms with Crippen molar-refractivity contribution < 1.29 is 9.90 Å². The minimum atomic E-state index is -0.179. The lowest BCUT2D eigenvalue weighted by Gasteiger charge is -2.52. The molecule has 2 nitrogen and oxygen atoms in total. The zero-order chi connectivity index (χ0) is 19.5. The number of allylic oxidation sites excluding steroid dienone is 4. The fraction of sp³-hybridized carbons (Fsp3) is 0.560. The standard InChI is InChI=1S/C25H30O2S/c1-25-14-21(15-3-7-18(28-2)8-4-15)24-19-10-6-17(26)13-16(19)5-9-20(24)22(25)11-12-23(25)27/h3-4,7-8,13,20-23,27H,5-6,9-12,14H2,1-2H3. The maximum Gasteiger partial charge on any atom is 0.156 e. The van der Waals surface area contributed by atoms with E-state index in [0.29, 0.717) is 30.0 Å². The van der Waals surface area contributed by atoms with E-state index >= 15 is 0 Å². The Balaban J connectivity index is 1.66. The molecule has 4 aliphatic rings. The van der Waals surface area contributed by atoms with Crippen LogP contribution in [0.15, 0.2) is 52.0 Å². The minimum absolute atomic E-state index is 0.0171. The molecule has 0 saturated heterocycles. The van der Waals surface area contributed by atoms with E-state index in [1.54, 1.807) is 17.3 Å². The topological polar surface area (TPSA) is 37.3 Å². The molecule has 0 heterocycles. The Labute approximate surface area is 172 Å². The molecule has 1 aromatic rings. The maximum absolute atomic E-state index is 12.0. The number of carbonyl (C=O) groups is 1. The normalized spacial score (nSPS) is 37.2. The van der Waals surface area contributed by atoms with Crippen molar-refractivity contribution in [3.05, 3.63) is 52.6 Å². The van der Waals surface area contributed by atoms with Gasteiger partial charge in [0, 0.05) is 17.2 Å².